The number of carbonyl (C=O) groups excluding carboxylic acids is 1. The van der Waals surface area contributed by atoms with E-state index in [9.17, 15) is 9.90 Å². The van der Waals surface area contributed by atoms with Crippen molar-refractivity contribution in [1.82, 2.24) is 10.2 Å². The Balaban J connectivity index is 2.07. The summed E-state index contributed by atoms with van der Waals surface area (Å²) in [4.78, 5) is 14.4. The summed E-state index contributed by atoms with van der Waals surface area (Å²) in [6.07, 6.45) is 0.923. The molecule has 5 heteroatoms. The molecule has 1 saturated heterocycles. The van der Waals surface area contributed by atoms with Gasteiger partial charge in [-0.25, -0.2) is 0 Å². The van der Waals surface area contributed by atoms with Crippen LogP contribution in [-0.2, 0) is 0 Å². The number of phenols is 1. The molecule has 2 unspecified atom stereocenters. The van der Waals surface area contributed by atoms with E-state index in [0.29, 0.717) is 5.92 Å². The summed E-state index contributed by atoms with van der Waals surface area (Å²) in [6, 6.07) is 4.97. The lowest BCUT2D eigenvalue weighted by Crippen LogP contribution is -2.48. The molecule has 0 bridgehead atoms. The molecule has 0 spiro atoms. The van der Waals surface area contributed by atoms with Crippen molar-refractivity contribution < 1.29 is 9.90 Å². The van der Waals surface area contributed by atoms with Gasteiger partial charge in [0.15, 0.2) is 5.75 Å². The summed E-state index contributed by atoms with van der Waals surface area (Å²) in [6.45, 7) is 4.06. The Morgan fingerprint density at radius 3 is 2.95 bits per heavy atom. The molecule has 4 N–H and O–H groups in total. The predicted octanol–water partition coefficient (Wildman–Crippen LogP) is 1.04. The van der Waals surface area contributed by atoms with Crippen molar-refractivity contribution in [2.45, 2.75) is 19.4 Å². The Kier molecular flexibility index (Phi) is 3.95. The van der Waals surface area contributed by atoms with Crippen LogP contribution in [-0.4, -0.2) is 42.1 Å². The fourth-order valence-electron chi connectivity index (χ4n) is 2.56. The summed E-state index contributed by atoms with van der Waals surface area (Å²) < 4.78 is 0. The number of nitrogens with two attached hydrogens (primary N) is 1. The lowest BCUT2D eigenvalue weighted by molar-refractivity contribution is 0.0881. The number of aromatic hydroxyl groups is 1. The smallest absolute Gasteiger partial charge is 0.255 e. The van der Waals surface area contributed by atoms with Gasteiger partial charge in [-0.3, -0.25) is 4.79 Å². The fourth-order valence-corrected chi connectivity index (χ4v) is 2.56. The highest BCUT2D eigenvalue weighted by Crippen LogP contribution is 2.25. The van der Waals surface area contributed by atoms with Crippen LogP contribution < -0.4 is 11.1 Å². The Morgan fingerprint density at radius 2 is 2.26 bits per heavy atom. The number of para-hydroxylation sites is 1. The first-order chi connectivity index (χ1) is 8.99. The second-order valence-corrected chi connectivity index (χ2v) is 5.35. The number of amides is 1. The molecular formula is C14H21N3O2. The number of hydrogen-bond acceptors (Lipinski definition) is 4. The molecule has 1 fully saturated rings. The van der Waals surface area contributed by atoms with Gasteiger partial charge in [-0.1, -0.05) is 13.0 Å². The van der Waals surface area contributed by atoms with Gasteiger partial charge in [0, 0.05) is 12.6 Å². The zero-order chi connectivity index (χ0) is 14.0. The van der Waals surface area contributed by atoms with E-state index in [1.165, 1.54) is 0 Å². The van der Waals surface area contributed by atoms with Crippen molar-refractivity contribution in [3.05, 3.63) is 23.8 Å². The Bertz CT molecular complexity index is 476. The minimum Gasteiger partial charge on any atom is -0.505 e. The van der Waals surface area contributed by atoms with Gasteiger partial charge in [-0.05, 0) is 38.1 Å². The molecule has 5 nitrogen and oxygen atoms in total. The number of hydrogen-bond donors (Lipinski definition) is 3. The number of nitrogen functional groups attached to an aromatic ring is 1. The average Bonchev–Trinajstić information content (AvgIpc) is 2.36. The van der Waals surface area contributed by atoms with E-state index in [-0.39, 0.29) is 28.9 Å². The van der Waals surface area contributed by atoms with Crippen LogP contribution in [0.1, 0.15) is 23.7 Å². The van der Waals surface area contributed by atoms with Gasteiger partial charge in [0.25, 0.3) is 5.91 Å². The Morgan fingerprint density at radius 1 is 1.53 bits per heavy atom. The highest BCUT2D eigenvalue weighted by atomic mass is 16.3. The fraction of sp³-hybridized carbons (Fsp3) is 0.500. The number of likely N-dealkylation sites (tertiary alicyclic amines) is 1. The molecule has 1 aliphatic heterocycles. The molecule has 1 aliphatic rings. The zero-order valence-electron chi connectivity index (χ0n) is 11.4. The summed E-state index contributed by atoms with van der Waals surface area (Å²) in [5, 5.41) is 12.8. The van der Waals surface area contributed by atoms with Crippen molar-refractivity contribution in [2.24, 2.45) is 5.92 Å². The van der Waals surface area contributed by atoms with E-state index in [0.717, 1.165) is 19.5 Å². The average molecular weight is 263 g/mol. The molecule has 0 radical (unpaired) electrons. The summed E-state index contributed by atoms with van der Waals surface area (Å²) in [5.74, 6) is -0.00214. The van der Waals surface area contributed by atoms with Crippen LogP contribution in [0.3, 0.4) is 0 Å². The monoisotopic (exact) mass is 263 g/mol. The molecular weight excluding hydrogens is 242 g/mol. The van der Waals surface area contributed by atoms with Crippen molar-refractivity contribution in [1.29, 1.82) is 0 Å². The SMILES string of the molecule is CC1CN(C)CCC1NC(=O)c1cccc(N)c1O. The third-order valence-electron chi connectivity index (χ3n) is 3.74. The Hall–Kier alpha value is -1.75. The van der Waals surface area contributed by atoms with E-state index >= 15 is 0 Å². The number of anilines is 1. The van der Waals surface area contributed by atoms with Gasteiger partial charge in [0.2, 0.25) is 0 Å². The van der Waals surface area contributed by atoms with Crippen LogP contribution >= 0.6 is 0 Å². The van der Waals surface area contributed by atoms with Crippen LogP contribution in [0.4, 0.5) is 5.69 Å². The number of rotatable bonds is 2. The van der Waals surface area contributed by atoms with Gasteiger partial charge >= 0.3 is 0 Å². The molecule has 0 aliphatic carbocycles. The minimum absolute atomic E-state index is 0.138. The van der Waals surface area contributed by atoms with Gasteiger partial charge in [-0.2, -0.15) is 0 Å². The summed E-state index contributed by atoms with van der Waals surface area (Å²) in [7, 11) is 2.08. The molecule has 1 amide bonds. The van der Waals surface area contributed by atoms with Crippen molar-refractivity contribution in [3.63, 3.8) is 0 Å². The quantitative estimate of drug-likeness (QED) is 0.550. The lowest BCUT2D eigenvalue weighted by atomic mass is 9.94. The van der Waals surface area contributed by atoms with Crippen LogP contribution in [0, 0.1) is 5.92 Å². The van der Waals surface area contributed by atoms with Crippen molar-refractivity contribution in [2.75, 3.05) is 25.9 Å². The first-order valence-corrected chi connectivity index (χ1v) is 6.56. The second-order valence-electron chi connectivity index (χ2n) is 5.35. The molecule has 1 aromatic rings. The predicted molar refractivity (Wildman–Crippen MR) is 75.1 cm³/mol. The third-order valence-corrected chi connectivity index (χ3v) is 3.74. The highest BCUT2D eigenvalue weighted by Gasteiger charge is 2.26. The maximum atomic E-state index is 12.2. The molecule has 104 valence electrons. The molecule has 2 rings (SSSR count). The molecule has 19 heavy (non-hydrogen) atoms. The maximum Gasteiger partial charge on any atom is 0.255 e. The molecule has 2 atom stereocenters. The van der Waals surface area contributed by atoms with Gasteiger partial charge < -0.3 is 21.1 Å². The number of nitrogens with zero attached hydrogens (tertiary/aromatic N) is 1. The van der Waals surface area contributed by atoms with Crippen LogP contribution in [0.15, 0.2) is 18.2 Å². The molecule has 0 saturated carbocycles. The molecule has 1 heterocycles. The van der Waals surface area contributed by atoms with Crippen molar-refractivity contribution >= 4 is 11.6 Å². The van der Waals surface area contributed by atoms with E-state index in [2.05, 4.69) is 24.2 Å². The topological polar surface area (TPSA) is 78.6 Å². The maximum absolute atomic E-state index is 12.2. The van der Waals surface area contributed by atoms with Crippen LogP contribution in [0.5, 0.6) is 5.75 Å². The van der Waals surface area contributed by atoms with E-state index in [1.54, 1.807) is 18.2 Å². The van der Waals surface area contributed by atoms with E-state index in [4.69, 9.17) is 5.73 Å². The first-order valence-electron chi connectivity index (χ1n) is 6.56. The standard InChI is InChI=1S/C14H21N3O2/c1-9-8-17(2)7-6-12(9)16-14(19)10-4-3-5-11(15)13(10)18/h3-5,9,12,18H,6-8,15H2,1-2H3,(H,16,19). The van der Waals surface area contributed by atoms with E-state index in [1.807, 2.05) is 0 Å². The normalized spacial score (nSPS) is 24.1. The number of phenolic OH excluding ortho intramolecular Hbond substituents is 1. The Labute approximate surface area is 113 Å². The third kappa shape index (κ3) is 2.98. The zero-order valence-corrected chi connectivity index (χ0v) is 11.4. The minimum atomic E-state index is -0.258. The molecule has 1 aromatic carbocycles. The first kappa shape index (κ1) is 13.7. The number of carbonyl (C=O) groups is 1. The largest absolute Gasteiger partial charge is 0.505 e. The van der Waals surface area contributed by atoms with Gasteiger partial charge in [-0.15, -0.1) is 0 Å². The van der Waals surface area contributed by atoms with Gasteiger partial charge in [0.1, 0.15) is 0 Å². The molecule has 0 aromatic heterocycles. The number of piperidine rings is 1. The van der Waals surface area contributed by atoms with E-state index < -0.39 is 0 Å². The highest BCUT2D eigenvalue weighted by molar-refractivity contribution is 5.98. The number of nitrogens with one attached hydrogen (secondary N) is 1. The summed E-state index contributed by atoms with van der Waals surface area (Å²) in [5.41, 5.74) is 6.07. The second kappa shape index (κ2) is 5.48. The lowest BCUT2D eigenvalue weighted by Gasteiger charge is -2.35. The van der Waals surface area contributed by atoms with Crippen molar-refractivity contribution in [3.8, 4) is 5.75 Å². The van der Waals surface area contributed by atoms with Crippen LogP contribution in [0.25, 0.3) is 0 Å². The van der Waals surface area contributed by atoms with Gasteiger partial charge in [0.05, 0.1) is 11.3 Å². The summed E-state index contributed by atoms with van der Waals surface area (Å²) >= 11 is 0. The van der Waals surface area contributed by atoms with Crippen LogP contribution in [0.2, 0.25) is 0 Å². The number of benzene rings is 1.